The second-order valence-electron chi connectivity index (χ2n) is 3.96. The predicted octanol–water partition coefficient (Wildman–Crippen LogP) is 1.37. The van der Waals surface area contributed by atoms with E-state index in [0.29, 0.717) is 6.04 Å². The van der Waals surface area contributed by atoms with E-state index in [0.717, 1.165) is 19.6 Å². The van der Waals surface area contributed by atoms with Gasteiger partial charge in [-0.05, 0) is 38.1 Å². The molecule has 1 aliphatic rings. The van der Waals surface area contributed by atoms with E-state index >= 15 is 0 Å². The Hall–Kier alpha value is -0.800. The van der Waals surface area contributed by atoms with Gasteiger partial charge in [0.05, 0.1) is 0 Å². The number of hydrogen-bond acceptors (Lipinski definition) is 2. The lowest BCUT2D eigenvalue weighted by Crippen LogP contribution is -2.30. The maximum Gasteiger partial charge on any atom is 0.0335 e. The fraction of sp³-hybridized carbons (Fsp3) is 0.636. The Morgan fingerprint density at radius 2 is 2.29 bits per heavy atom. The summed E-state index contributed by atoms with van der Waals surface area (Å²) in [6, 6.07) is 2.71. The molecule has 2 heterocycles. The van der Waals surface area contributed by atoms with Gasteiger partial charge in [-0.2, -0.15) is 0 Å². The Labute approximate surface area is 85.5 Å². The van der Waals surface area contributed by atoms with Gasteiger partial charge in [0.25, 0.3) is 0 Å². The first-order chi connectivity index (χ1) is 6.88. The highest BCUT2D eigenvalue weighted by Crippen LogP contribution is 2.19. The number of rotatable bonds is 2. The summed E-state index contributed by atoms with van der Waals surface area (Å²) in [6.07, 6.45) is 5.36. The van der Waals surface area contributed by atoms with Crippen molar-refractivity contribution >= 4 is 0 Å². The SMILES string of the molecule is CC(c1cc[nH]c1)N1CCCNCC1. The Bertz CT molecular complexity index is 248. The molecule has 0 saturated carbocycles. The summed E-state index contributed by atoms with van der Waals surface area (Å²) in [5.74, 6) is 0. The molecule has 2 rings (SSSR count). The van der Waals surface area contributed by atoms with E-state index < -0.39 is 0 Å². The second kappa shape index (κ2) is 4.62. The van der Waals surface area contributed by atoms with Gasteiger partial charge in [0, 0.05) is 31.5 Å². The van der Waals surface area contributed by atoms with Crippen molar-refractivity contribution in [1.29, 1.82) is 0 Å². The molecule has 0 amide bonds. The van der Waals surface area contributed by atoms with Gasteiger partial charge in [-0.25, -0.2) is 0 Å². The van der Waals surface area contributed by atoms with Crippen LogP contribution in [-0.2, 0) is 0 Å². The van der Waals surface area contributed by atoms with Crippen molar-refractivity contribution < 1.29 is 0 Å². The molecular formula is C11H19N3. The number of nitrogens with zero attached hydrogens (tertiary/aromatic N) is 1. The lowest BCUT2D eigenvalue weighted by Gasteiger charge is -2.26. The lowest BCUT2D eigenvalue weighted by atomic mass is 10.1. The van der Waals surface area contributed by atoms with Gasteiger partial charge in [-0.3, -0.25) is 4.90 Å². The standard InChI is InChI=1S/C11H19N3/c1-10(11-3-5-13-9-11)14-7-2-4-12-6-8-14/h3,5,9-10,12-13H,2,4,6-8H2,1H3. The van der Waals surface area contributed by atoms with Gasteiger partial charge in [-0.1, -0.05) is 0 Å². The normalized spacial score (nSPS) is 21.8. The van der Waals surface area contributed by atoms with Crippen molar-refractivity contribution in [2.24, 2.45) is 0 Å². The minimum absolute atomic E-state index is 0.543. The molecule has 3 heteroatoms. The Kier molecular flexibility index (Phi) is 3.22. The lowest BCUT2D eigenvalue weighted by molar-refractivity contribution is 0.225. The van der Waals surface area contributed by atoms with E-state index in [9.17, 15) is 0 Å². The smallest absolute Gasteiger partial charge is 0.0335 e. The van der Waals surface area contributed by atoms with Crippen LogP contribution < -0.4 is 5.32 Å². The molecule has 0 bridgehead atoms. The first-order valence-electron chi connectivity index (χ1n) is 5.45. The van der Waals surface area contributed by atoms with E-state index in [-0.39, 0.29) is 0 Å². The highest BCUT2D eigenvalue weighted by atomic mass is 15.2. The zero-order chi connectivity index (χ0) is 9.80. The van der Waals surface area contributed by atoms with Crippen LogP contribution in [0.2, 0.25) is 0 Å². The van der Waals surface area contributed by atoms with Gasteiger partial charge < -0.3 is 10.3 Å². The molecule has 0 aromatic carbocycles. The Morgan fingerprint density at radius 1 is 1.36 bits per heavy atom. The highest BCUT2D eigenvalue weighted by molar-refractivity contribution is 5.13. The molecule has 0 spiro atoms. The first-order valence-corrected chi connectivity index (χ1v) is 5.45. The molecule has 1 saturated heterocycles. The van der Waals surface area contributed by atoms with Crippen LogP contribution in [0, 0.1) is 0 Å². The predicted molar refractivity (Wildman–Crippen MR) is 58.3 cm³/mol. The fourth-order valence-electron chi connectivity index (χ4n) is 2.06. The van der Waals surface area contributed by atoms with E-state index in [1.54, 1.807) is 0 Å². The van der Waals surface area contributed by atoms with Crippen molar-refractivity contribution in [1.82, 2.24) is 15.2 Å². The Balaban J connectivity index is 1.99. The summed E-state index contributed by atoms with van der Waals surface area (Å²) in [5.41, 5.74) is 1.40. The maximum atomic E-state index is 3.43. The van der Waals surface area contributed by atoms with Crippen LogP contribution in [0.5, 0.6) is 0 Å². The van der Waals surface area contributed by atoms with E-state index in [1.165, 1.54) is 18.5 Å². The monoisotopic (exact) mass is 193 g/mol. The van der Waals surface area contributed by atoms with Crippen molar-refractivity contribution in [3.8, 4) is 0 Å². The molecule has 0 radical (unpaired) electrons. The second-order valence-corrected chi connectivity index (χ2v) is 3.96. The van der Waals surface area contributed by atoms with Gasteiger partial charge in [0.2, 0.25) is 0 Å². The van der Waals surface area contributed by atoms with Gasteiger partial charge >= 0.3 is 0 Å². The number of nitrogens with one attached hydrogen (secondary N) is 2. The van der Waals surface area contributed by atoms with E-state index in [1.807, 2.05) is 6.20 Å². The minimum atomic E-state index is 0.543. The summed E-state index contributed by atoms with van der Waals surface area (Å²) in [6.45, 7) is 6.94. The van der Waals surface area contributed by atoms with Crippen molar-refractivity contribution in [3.63, 3.8) is 0 Å². The first kappa shape index (κ1) is 9.74. The average Bonchev–Trinajstić information content (AvgIpc) is 2.59. The largest absolute Gasteiger partial charge is 0.367 e. The van der Waals surface area contributed by atoms with Crippen LogP contribution in [0.1, 0.15) is 24.9 Å². The maximum absolute atomic E-state index is 3.43. The highest BCUT2D eigenvalue weighted by Gasteiger charge is 2.16. The molecule has 0 aliphatic carbocycles. The molecule has 14 heavy (non-hydrogen) atoms. The van der Waals surface area contributed by atoms with Crippen LogP contribution in [0.25, 0.3) is 0 Å². The number of aromatic nitrogens is 1. The van der Waals surface area contributed by atoms with Gasteiger partial charge in [0.15, 0.2) is 0 Å². The van der Waals surface area contributed by atoms with Crippen LogP contribution in [-0.4, -0.2) is 36.1 Å². The molecule has 1 atom stereocenters. The van der Waals surface area contributed by atoms with Crippen molar-refractivity contribution in [3.05, 3.63) is 24.0 Å². The third-order valence-electron chi connectivity index (χ3n) is 3.03. The van der Waals surface area contributed by atoms with Crippen LogP contribution >= 0.6 is 0 Å². The van der Waals surface area contributed by atoms with Crippen LogP contribution in [0.4, 0.5) is 0 Å². The van der Waals surface area contributed by atoms with E-state index in [4.69, 9.17) is 0 Å². The summed E-state index contributed by atoms with van der Waals surface area (Å²) < 4.78 is 0. The van der Waals surface area contributed by atoms with Gasteiger partial charge in [0.1, 0.15) is 0 Å². The zero-order valence-corrected chi connectivity index (χ0v) is 8.79. The molecule has 2 N–H and O–H groups in total. The molecule has 1 aliphatic heterocycles. The van der Waals surface area contributed by atoms with Crippen molar-refractivity contribution in [2.75, 3.05) is 26.2 Å². The molecule has 3 nitrogen and oxygen atoms in total. The quantitative estimate of drug-likeness (QED) is 0.743. The fourth-order valence-corrected chi connectivity index (χ4v) is 2.06. The summed E-state index contributed by atoms with van der Waals surface area (Å²) in [7, 11) is 0. The van der Waals surface area contributed by atoms with Crippen molar-refractivity contribution in [2.45, 2.75) is 19.4 Å². The average molecular weight is 193 g/mol. The molecule has 1 aromatic rings. The number of hydrogen-bond donors (Lipinski definition) is 2. The molecular weight excluding hydrogens is 174 g/mol. The number of aromatic amines is 1. The number of H-pyrrole nitrogens is 1. The summed E-state index contributed by atoms with van der Waals surface area (Å²) in [5, 5.41) is 3.43. The molecule has 1 fully saturated rings. The molecule has 78 valence electrons. The minimum Gasteiger partial charge on any atom is -0.367 e. The molecule has 1 aromatic heterocycles. The zero-order valence-electron chi connectivity index (χ0n) is 8.79. The van der Waals surface area contributed by atoms with Crippen LogP contribution in [0.15, 0.2) is 18.5 Å². The van der Waals surface area contributed by atoms with Gasteiger partial charge in [-0.15, -0.1) is 0 Å². The summed E-state index contributed by atoms with van der Waals surface area (Å²) >= 11 is 0. The summed E-state index contributed by atoms with van der Waals surface area (Å²) in [4.78, 5) is 5.67. The third-order valence-corrected chi connectivity index (χ3v) is 3.03. The van der Waals surface area contributed by atoms with Crippen LogP contribution in [0.3, 0.4) is 0 Å². The molecule has 1 unspecified atom stereocenters. The third kappa shape index (κ3) is 2.16. The Morgan fingerprint density at radius 3 is 3.07 bits per heavy atom. The topological polar surface area (TPSA) is 31.1 Å². The van der Waals surface area contributed by atoms with E-state index in [2.05, 4.69) is 34.4 Å².